The Kier molecular flexibility index (Phi) is 5.65. The van der Waals surface area contributed by atoms with Gasteiger partial charge >= 0.3 is 0 Å². The summed E-state index contributed by atoms with van der Waals surface area (Å²) in [4.78, 5) is 18.6. The maximum atomic E-state index is 12.7. The van der Waals surface area contributed by atoms with E-state index in [0.717, 1.165) is 24.1 Å². The summed E-state index contributed by atoms with van der Waals surface area (Å²) in [7, 11) is -3.69. The number of carbonyl (C=O) groups excluding carboxylic acids is 1. The van der Waals surface area contributed by atoms with Crippen LogP contribution in [0.15, 0.2) is 34.7 Å². The first-order valence-corrected chi connectivity index (χ1v) is 12.0. The topological polar surface area (TPSA) is 91.4 Å². The monoisotopic (exact) mass is 422 g/mol. The van der Waals surface area contributed by atoms with Crippen LogP contribution in [-0.4, -0.2) is 38.4 Å². The number of aromatic nitrogens is 1. The van der Waals surface area contributed by atoms with Crippen LogP contribution in [0.3, 0.4) is 0 Å². The van der Waals surface area contributed by atoms with E-state index in [1.54, 1.807) is 34.7 Å². The molecule has 9 heteroatoms. The third-order valence-electron chi connectivity index (χ3n) is 5.36. The second kappa shape index (κ2) is 8.18. The largest absolute Gasteiger partial charge is 0.311 e. The number of carbonyl (C=O) groups is 1. The highest BCUT2D eigenvalue weighted by molar-refractivity contribution is 7.93. The van der Waals surface area contributed by atoms with Gasteiger partial charge in [-0.1, -0.05) is 19.3 Å². The molecule has 2 aliphatic rings. The first-order chi connectivity index (χ1) is 13.5. The lowest BCUT2D eigenvalue weighted by Gasteiger charge is -2.24. The average Bonchev–Trinajstić information content (AvgIpc) is 3.35. The highest BCUT2D eigenvalue weighted by atomic mass is 32.2. The third-order valence-corrected chi connectivity index (χ3v) is 7.51. The van der Waals surface area contributed by atoms with Gasteiger partial charge in [0.05, 0.1) is 11.4 Å². The molecular formula is C19H26N4O3S2. The molecule has 0 atom stereocenters. The minimum absolute atomic E-state index is 0. The second-order valence-corrected chi connectivity index (χ2v) is 9.82. The molecule has 1 aliphatic heterocycles. The van der Waals surface area contributed by atoms with E-state index in [-0.39, 0.29) is 12.2 Å². The van der Waals surface area contributed by atoms with Crippen LogP contribution in [0, 0.1) is 0 Å². The Morgan fingerprint density at radius 3 is 2.86 bits per heavy atom. The number of sulfonamides is 1. The molecule has 2 aromatic rings. The van der Waals surface area contributed by atoms with Crippen LogP contribution in [0.25, 0.3) is 0 Å². The first-order valence-electron chi connectivity index (χ1n) is 9.62. The molecule has 0 bridgehead atoms. The fourth-order valence-corrected chi connectivity index (χ4v) is 5.72. The normalized spacial score (nSPS) is 17.5. The van der Waals surface area contributed by atoms with E-state index in [9.17, 15) is 13.2 Å². The number of nitrogens with zero attached hydrogens (tertiary/aromatic N) is 2. The van der Waals surface area contributed by atoms with Gasteiger partial charge in [0.25, 0.3) is 10.0 Å². The molecule has 2 heterocycles. The molecule has 2 N–H and O–H groups in total. The maximum Gasteiger partial charge on any atom is 0.263 e. The first kappa shape index (κ1) is 19.4. The number of benzene rings is 1. The molecule has 1 aromatic carbocycles. The Labute approximate surface area is 170 Å². The zero-order chi connectivity index (χ0) is 19.6. The Hall–Kier alpha value is -1.97. The van der Waals surface area contributed by atoms with E-state index >= 15 is 0 Å². The van der Waals surface area contributed by atoms with Crippen molar-refractivity contribution in [3.05, 3.63) is 35.3 Å². The molecule has 7 nitrogen and oxygen atoms in total. The zero-order valence-corrected chi connectivity index (χ0v) is 17.2. The standard InChI is InChI=1S/C19H24N4O3S2.H2/c24-18(13-21-15-4-2-1-3-5-15)23-10-8-14-12-16(6-7-17(14)23)28(25,26)22-19-20-9-11-27-19;/h6-7,9,11-12,15,21H,1-5,8,10,13H2,(H,20,22);1H. The summed E-state index contributed by atoms with van der Waals surface area (Å²) in [6.07, 6.45) is 8.22. The van der Waals surface area contributed by atoms with E-state index in [1.807, 2.05) is 0 Å². The number of thiazole rings is 1. The van der Waals surface area contributed by atoms with Gasteiger partial charge in [-0.2, -0.15) is 0 Å². The van der Waals surface area contributed by atoms with Gasteiger partial charge < -0.3 is 10.2 Å². The fourth-order valence-electron chi connectivity index (χ4n) is 3.89. The van der Waals surface area contributed by atoms with Gasteiger partial charge in [0.1, 0.15) is 0 Å². The SMILES string of the molecule is O=C(CNC1CCCCC1)N1CCc2cc(S(=O)(=O)Nc3nccs3)ccc21.[HH]. The molecule has 1 amide bonds. The summed E-state index contributed by atoms with van der Waals surface area (Å²) in [5.41, 5.74) is 1.69. The van der Waals surface area contributed by atoms with Crippen molar-refractivity contribution >= 4 is 38.1 Å². The lowest BCUT2D eigenvalue weighted by Crippen LogP contribution is -2.41. The Morgan fingerprint density at radius 2 is 2.11 bits per heavy atom. The van der Waals surface area contributed by atoms with Crippen LogP contribution in [0.4, 0.5) is 10.8 Å². The lowest BCUT2D eigenvalue weighted by molar-refractivity contribution is -0.117. The second-order valence-electron chi connectivity index (χ2n) is 7.24. The Balaban J connectivity index is 0.00000240. The molecular weight excluding hydrogens is 396 g/mol. The number of hydrogen-bond acceptors (Lipinski definition) is 6. The van der Waals surface area contributed by atoms with E-state index in [0.29, 0.717) is 30.7 Å². The van der Waals surface area contributed by atoms with Crippen molar-refractivity contribution < 1.29 is 14.6 Å². The predicted molar refractivity (Wildman–Crippen MR) is 112 cm³/mol. The summed E-state index contributed by atoms with van der Waals surface area (Å²) in [6, 6.07) is 5.38. The van der Waals surface area contributed by atoms with Crippen molar-refractivity contribution in [2.45, 2.75) is 49.5 Å². The molecule has 0 saturated heterocycles. The van der Waals surface area contributed by atoms with Gasteiger partial charge in [0.2, 0.25) is 5.91 Å². The van der Waals surface area contributed by atoms with Gasteiger partial charge in [0, 0.05) is 31.3 Å². The van der Waals surface area contributed by atoms with Crippen molar-refractivity contribution in [2.75, 3.05) is 22.7 Å². The van der Waals surface area contributed by atoms with E-state index in [2.05, 4.69) is 15.0 Å². The molecule has 1 fully saturated rings. The smallest absolute Gasteiger partial charge is 0.263 e. The molecule has 0 radical (unpaired) electrons. The summed E-state index contributed by atoms with van der Waals surface area (Å²) >= 11 is 1.23. The van der Waals surface area contributed by atoms with Crippen LogP contribution < -0.4 is 14.9 Å². The predicted octanol–water partition coefficient (Wildman–Crippen LogP) is 3.00. The molecule has 4 rings (SSSR count). The highest BCUT2D eigenvalue weighted by Gasteiger charge is 2.27. The van der Waals surface area contributed by atoms with E-state index in [1.165, 1.54) is 30.6 Å². The van der Waals surface area contributed by atoms with Crippen molar-refractivity contribution in [3.63, 3.8) is 0 Å². The minimum Gasteiger partial charge on any atom is -0.311 e. The Bertz CT molecular complexity index is 944. The van der Waals surface area contributed by atoms with Crippen molar-refractivity contribution in [2.24, 2.45) is 0 Å². The van der Waals surface area contributed by atoms with Crippen LogP contribution in [0.1, 0.15) is 39.1 Å². The molecule has 28 heavy (non-hydrogen) atoms. The van der Waals surface area contributed by atoms with Crippen molar-refractivity contribution in [1.29, 1.82) is 0 Å². The van der Waals surface area contributed by atoms with Crippen LogP contribution in [0.2, 0.25) is 0 Å². The van der Waals surface area contributed by atoms with Gasteiger partial charge in [0.15, 0.2) is 5.13 Å². The number of amides is 1. The van der Waals surface area contributed by atoms with Gasteiger partial charge in [-0.05, 0) is 43.0 Å². The quantitative estimate of drug-likeness (QED) is 0.747. The number of hydrogen-bond donors (Lipinski definition) is 2. The summed E-state index contributed by atoms with van der Waals surface area (Å²) in [5.74, 6) is 0.0424. The summed E-state index contributed by atoms with van der Waals surface area (Å²) < 4.78 is 27.6. The maximum absolute atomic E-state index is 12.7. The molecule has 1 aromatic heterocycles. The van der Waals surface area contributed by atoms with Gasteiger partial charge in [-0.3, -0.25) is 9.52 Å². The van der Waals surface area contributed by atoms with Crippen LogP contribution >= 0.6 is 11.3 Å². The van der Waals surface area contributed by atoms with Crippen LogP contribution in [0.5, 0.6) is 0 Å². The minimum atomic E-state index is -3.69. The fraction of sp³-hybridized carbons (Fsp3) is 0.474. The van der Waals surface area contributed by atoms with Crippen LogP contribution in [-0.2, 0) is 21.2 Å². The lowest BCUT2D eigenvalue weighted by atomic mass is 9.95. The molecule has 0 spiro atoms. The number of rotatable bonds is 6. The molecule has 1 saturated carbocycles. The molecule has 152 valence electrons. The average molecular weight is 423 g/mol. The number of fused-ring (bicyclic) bond motifs is 1. The third kappa shape index (κ3) is 4.21. The van der Waals surface area contributed by atoms with Gasteiger partial charge in [-0.25, -0.2) is 13.4 Å². The highest BCUT2D eigenvalue weighted by Crippen LogP contribution is 2.31. The van der Waals surface area contributed by atoms with Gasteiger partial charge in [-0.15, -0.1) is 11.3 Å². The van der Waals surface area contributed by atoms with E-state index in [4.69, 9.17) is 0 Å². The van der Waals surface area contributed by atoms with Crippen molar-refractivity contribution in [3.8, 4) is 0 Å². The molecule has 0 unspecified atom stereocenters. The zero-order valence-electron chi connectivity index (χ0n) is 15.6. The number of anilines is 2. The molecule has 1 aliphatic carbocycles. The Morgan fingerprint density at radius 1 is 1.29 bits per heavy atom. The van der Waals surface area contributed by atoms with Crippen molar-refractivity contribution in [1.82, 2.24) is 10.3 Å². The number of nitrogens with one attached hydrogen (secondary N) is 2. The summed E-state index contributed by atoms with van der Waals surface area (Å²) in [5, 5.41) is 5.44. The summed E-state index contributed by atoms with van der Waals surface area (Å²) in [6.45, 7) is 0.916. The van der Waals surface area contributed by atoms with E-state index < -0.39 is 10.0 Å².